The van der Waals surface area contributed by atoms with Gasteiger partial charge in [-0.1, -0.05) is 24.3 Å². The number of nitrogens with zero attached hydrogens (tertiary/aromatic N) is 3. The Morgan fingerprint density at radius 2 is 1.48 bits per heavy atom. The largest absolute Gasteiger partial charge is 0.340 e. The van der Waals surface area contributed by atoms with Crippen molar-refractivity contribution in [2.75, 3.05) is 10.6 Å². The van der Waals surface area contributed by atoms with E-state index in [1.54, 1.807) is 6.07 Å². The van der Waals surface area contributed by atoms with Crippen LogP contribution in [0.15, 0.2) is 48.5 Å². The van der Waals surface area contributed by atoms with Crippen LogP contribution in [0, 0.1) is 32.1 Å². The second-order valence-electron chi connectivity index (χ2n) is 5.84. The molecule has 3 aromatic rings. The van der Waals surface area contributed by atoms with Crippen molar-refractivity contribution < 1.29 is 0 Å². The minimum atomic E-state index is 0.572. The van der Waals surface area contributed by atoms with Crippen molar-refractivity contribution in [2.45, 2.75) is 20.8 Å². The molecule has 0 saturated heterocycles. The third-order valence-corrected chi connectivity index (χ3v) is 4.02. The predicted molar refractivity (Wildman–Crippen MR) is 100 cm³/mol. The molecule has 0 fully saturated rings. The lowest BCUT2D eigenvalue weighted by Crippen LogP contribution is -2.03. The Bertz CT molecular complexity index is 957. The third kappa shape index (κ3) is 3.75. The lowest BCUT2D eigenvalue weighted by molar-refractivity contribution is 1.06. The number of aryl methyl sites for hydroxylation is 2. The van der Waals surface area contributed by atoms with Gasteiger partial charge in [-0.25, -0.2) is 9.97 Å². The molecule has 3 rings (SSSR count). The molecule has 1 aromatic heterocycles. The molecular formula is C20H19N5. The van der Waals surface area contributed by atoms with Crippen LogP contribution in [0.2, 0.25) is 0 Å². The van der Waals surface area contributed by atoms with Crippen LogP contribution in [0.3, 0.4) is 0 Å². The van der Waals surface area contributed by atoms with Crippen molar-refractivity contribution in [3.8, 4) is 6.07 Å². The fraction of sp³-hybridized carbons (Fsp3) is 0.150. The molecule has 0 spiro atoms. The van der Waals surface area contributed by atoms with Gasteiger partial charge in [0, 0.05) is 11.8 Å². The van der Waals surface area contributed by atoms with Gasteiger partial charge in [0.2, 0.25) is 0 Å². The van der Waals surface area contributed by atoms with Gasteiger partial charge in [0.05, 0.1) is 11.3 Å². The molecule has 0 radical (unpaired) electrons. The maximum Gasteiger partial charge on any atom is 0.136 e. The molecule has 0 unspecified atom stereocenters. The minimum Gasteiger partial charge on any atom is -0.340 e. The van der Waals surface area contributed by atoms with E-state index in [9.17, 15) is 5.26 Å². The van der Waals surface area contributed by atoms with Crippen LogP contribution in [-0.4, -0.2) is 9.97 Å². The average molecular weight is 329 g/mol. The normalized spacial score (nSPS) is 10.2. The zero-order valence-electron chi connectivity index (χ0n) is 14.5. The average Bonchev–Trinajstić information content (AvgIpc) is 2.59. The molecule has 0 amide bonds. The van der Waals surface area contributed by atoms with E-state index < -0.39 is 0 Å². The standard InChI is InChI=1S/C20H19N5/c1-13-7-6-10-17(14(13)2)24-19-11-20(23-15(3)22-19)25-18-9-5-4-8-16(18)12-21/h4-11H,1-3H3,(H2,22,23,24,25). The highest BCUT2D eigenvalue weighted by atomic mass is 15.1. The van der Waals surface area contributed by atoms with E-state index in [0.29, 0.717) is 23.0 Å². The number of para-hydroxylation sites is 1. The maximum absolute atomic E-state index is 9.22. The lowest BCUT2D eigenvalue weighted by Gasteiger charge is -2.13. The summed E-state index contributed by atoms with van der Waals surface area (Å²) >= 11 is 0. The van der Waals surface area contributed by atoms with Crippen molar-refractivity contribution in [3.63, 3.8) is 0 Å². The Morgan fingerprint density at radius 1 is 0.840 bits per heavy atom. The van der Waals surface area contributed by atoms with Gasteiger partial charge in [-0.2, -0.15) is 5.26 Å². The molecule has 0 bridgehead atoms. The summed E-state index contributed by atoms with van der Waals surface area (Å²) in [5.41, 5.74) is 4.71. The van der Waals surface area contributed by atoms with Gasteiger partial charge in [-0.15, -0.1) is 0 Å². The molecule has 5 heteroatoms. The highest BCUT2D eigenvalue weighted by molar-refractivity contribution is 5.68. The fourth-order valence-electron chi connectivity index (χ4n) is 2.55. The zero-order chi connectivity index (χ0) is 17.8. The highest BCUT2D eigenvalue weighted by Crippen LogP contribution is 2.25. The fourth-order valence-corrected chi connectivity index (χ4v) is 2.55. The molecule has 2 aromatic carbocycles. The first kappa shape index (κ1) is 16.5. The van der Waals surface area contributed by atoms with Gasteiger partial charge in [-0.05, 0) is 50.1 Å². The zero-order valence-corrected chi connectivity index (χ0v) is 14.5. The van der Waals surface area contributed by atoms with Crippen LogP contribution in [0.4, 0.5) is 23.0 Å². The second kappa shape index (κ2) is 7.02. The summed E-state index contributed by atoms with van der Waals surface area (Å²) in [5, 5.41) is 15.8. The van der Waals surface area contributed by atoms with Gasteiger partial charge in [0.15, 0.2) is 0 Å². The number of hydrogen-bond acceptors (Lipinski definition) is 5. The Morgan fingerprint density at radius 3 is 2.20 bits per heavy atom. The van der Waals surface area contributed by atoms with Crippen LogP contribution in [-0.2, 0) is 0 Å². The monoisotopic (exact) mass is 329 g/mol. The lowest BCUT2D eigenvalue weighted by atomic mass is 10.1. The van der Waals surface area contributed by atoms with Crippen LogP contribution < -0.4 is 10.6 Å². The Balaban J connectivity index is 1.91. The number of nitrogens with one attached hydrogen (secondary N) is 2. The quantitative estimate of drug-likeness (QED) is 0.722. The first-order chi connectivity index (χ1) is 12.1. The number of rotatable bonds is 4. The molecule has 0 aliphatic rings. The molecule has 124 valence electrons. The number of hydrogen-bond donors (Lipinski definition) is 2. The van der Waals surface area contributed by atoms with Gasteiger partial charge in [-0.3, -0.25) is 0 Å². The summed E-state index contributed by atoms with van der Waals surface area (Å²) in [7, 11) is 0. The van der Waals surface area contributed by atoms with Crippen LogP contribution >= 0.6 is 0 Å². The Labute approximate surface area is 147 Å². The van der Waals surface area contributed by atoms with E-state index >= 15 is 0 Å². The van der Waals surface area contributed by atoms with Crippen molar-refractivity contribution >= 4 is 23.0 Å². The van der Waals surface area contributed by atoms with Gasteiger partial charge < -0.3 is 10.6 Å². The summed E-state index contributed by atoms with van der Waals surface area (Å²) in [5.74, 6) is 1.99. The minimum absolute atomic E-state index is 0.572. The number of anilines is 4. The molecule has 5 nitrogen and oxygen atoms in total. The van der Waals surface area contributed by atoms with Gasteiger partial charge >= 0.3 is 0 Å². The summed E-state index contributed by atoms with van der Waals surface area (Å²) in [4.78, 5) is 8.87. The van der Waals surface area contributed by atoms with E-state index in [1.165, 1.54) is 11.1 Å². The molecule has 0 atom stereocenters. The van der Waals surface area contributed by atoms with Crippen LogP contribution in [0.1, 0.15) is 22.5 Å². The smallest absolute Gasteiger partial charge is 0.136 e. The van der Waals surface area contributed by atoms with E-state index in [2.05, 4.69) is 46.6 Å². The SMILES string of the molecule is Cc1nc(Nc2ccccc2C#N)cc(Nc2cccc(C)c2C)n1. The highest BCUT2D eigenvalue weighted by Gasteiger charge is 2.07. The molecular weight excluding hydrogens is 310 g/mol. The molecule has 0 saturated carbocycles. The molecule has 0 aliphatic heterocycles. The summed E-state index contributed by atoms with van der Waals surface area (Å²) in [6.07, 6.45) is 0. The van der Waals surface area contributed by atoms with Gasteiger partial charge in [0.25, 0.3) is 0 Å². The number of benzene rings is 2. The Hall–Kier alpha value is -3.39. The van der Waals surface area contributed by atoms with Crippen molar-refractivity contribution in [1.29, 1.82) is 5.26 Å². The first-order valence-electron chi connectivity index (χ1n) is 8.02. The molecule has 2 N–H and O–H groups in total. The van der Waals surface area contributed by atoms with Crippen molar-refractivity contribution in [3.05, 3.63) is 71.0 Å². The van der Waals surface area contributed by atoms with E-state index in [4.69, 9.17) is 0 Å². The molecule has 25 heavy (non-hydrogen) atoms. The Kier molecular flexibility index (Phi) is 4.62. The van der Waals surface area contributed by atoms with E-state index in [1.807, 2.05) is 43.3 Å². The third-order valence-electron chi connectivity index (χ3n) is 4.02. The van der Waals surface area contributed by atoms with Gasteiger partial charge in [0.1, 0.15) is 23.5 Å². The number of nitriles is 1. The second-order valence-corrected chi connectivity index (χ2v) is 5.84. The van der Waals surface area contributed by atoms with Crippen molar-refractivity contribution in [1.82, 2.24) is 9.97 Å². The van der Waals surface area contributed by atoms with E-state index in [-0.39, 0.29) is 0 Å². The van der Waals surface area contributed by atoms with Crippen molar-refractivity contribution in [2.24, 2.45) is 0 Å². The summed E-state index contributed by atoms with van der Waals surface area (Å²) < 4.78 is 0. The molecule has 1 heterocycles. The maximum atomic E-state index is 9.22. The van der Waals surface area contributed by atoms with E-state index in [0.717, 1.165) is 11.4 Å². The molecule has 0 aliphatic carbocycles. The van der Waals surface area contributed by atoms with Crippen LogP contribution in [0.25, 0.3) is 0 Å². The number of aromatic nitrogens is 2. The first-order valence-corrected chi connectivity index (χ1v) is 8.02. The topological polar surface area (TPSA) is 73.6 Å². The summed E-state index contributed by atoms with van der Waals surface area (Å²) in [6, 6.07) is 17.5. The predicted octanol–water partition coefficient (Wildman–Crippen LogP) is 4.76. The summed E-state index contributed by atoms with van der Waals surface area (Å²) in [6.45, 7) is 6.00. The van der Waals surface area contributed by atoms with Crippen LogP contribution in [0.5, 0.6) is 0 Å².